The Bertz CT molecular complexity index is 1600. The first-order valence-electron chi connectivity index (χ1n) is 13.2. The van der Waals surface area contributed by atoms with Gasteiger partial charge in [-0.2, -0.15) is 0 Å². The average molecular weight is 652 g/mol. The normalized spacial score (nSPS) is 13.9. The summed E-state index contributed by atoms with van der Waals surface area (Å²) < 4.78 is 22.6. The van der Waals surface area contributed by atoms with Gasteiger partial charge in [0.25, 0.3) is 17.7 Å². The molecule has 0 atom stereocenters. The molecule has 0 spiro atoms. The number of ether oxygens (including phenoxy) is 4. The fourth-order valence-electron chi connectivity index (χ4n) is 4.21. The lowest BCUT2D eigenvalue weighted by molar-refractivity contribution is -0.122. The summed E-state index contributed by atoms with van der Waals surface area (Å²) in [5.74, 6) is -0.791. The number of methoxy groups -OCH3 is 2. The fourth-order valence-corrected chi connectivity index (χ4v) is 4.78. The Morgan fingerprint density at radius 3 is 2.44 bits per heavy atom. The lowest BCUT2D eigenvalue weighted by atomic mass is 10.1. The molecule has 11 nitrogen and oxygen atoms in total. The number of nitrogens with zero attached hydrogens (tertiary/aromatic N) is 1. The van der Waals surface area contributed by atoms with Gasteiger partial charge < -0.3 is 24.3 Å². The molecule has 0 unspecified atom stereocenters. The number of carbonyl (C=O) groups is 4. The minimum Gasteiger partial charge on any atom is -0.493 e. The number of carbonyl (C=O) groups excluding carboxylic acids is 4. The molecule has 0 saturated carbocycles. The van der Waals surface area contributed by atoms with Crippen LogP contribution in [0.2, 0.25) is 0 Å². The lowest BCUT2D eigenvalue weighted by Crippen LogP contribution is -2.54. The van der Waals surface area contributed by atoms with Crippen molar-refractivity contribution in [1.82, 2.24) is 5.32 Å². The Kier molecular flexibility index (Phi) is 10.0. The van der Waals surface area contributed by atoms with Crippen LogP contribution >= 0.6 is 15.9 Å². The first kappa shape index (κ1) is 31.1. The standard InChI is InChI=1S/C31H30BrN3O8/c1-5-11-42-24-10-9-21(16-25(24)40-3)35-30(38)22(29(37)34-31(35)39)13-19-14-23(32)28(26(15-19)41-4)43-17-27(36)33-20-8-6-7-18(2)12-20/h6-10,12-16H,5,11,17H2,1-4H3,(H,33,36)(H,34,37,39)/b22-13-. The number of nitrogens with one attached hydrogen (secondary N) is 2. The van der Waals surface area contributed by atoms with Gasteiger partial charge in [-0.25, -0.2) is 9.69 Å². The highest BCUT2D eigenvalue weighted by Gasteiger charge is 2.37. The SMILES string of the molecule is CCCOc1ccc(N2C(=O)NC(=O)/C(=C/c3cc(Br)c(OCC(=O)Nc4cccc(C)c4)c(OC)c3)C2=O)cc1OC. The Balaban J connectivity index is 1.56. The topological polar surface area (TPSA) is 132 Å². The van der Waals surface area contributed by atoms with Crippen molar-refractivity contribution in [1.29, 1.82) is 0 Å². The molecule has 0 bridgehead atoms. The predicted molar refractivity (Wildman–Crippen MR) is 164 cm³/mol. The summed E-state index contributed by atoms with van der Waals surface area (Å²) in [4.78, 5) is 52.2. The Morgan fingerprint density at radius 2 is 1.74 bits per heavy atom. The third-order valence-corrected chi connectivity index (χ3v) is 6.77. The number of anilines is 2. The highest BCUT2D eigenvalue weighted by molar-refractivity contribution is 9.10. The predicted octanol–water partition coefficient (Wildman–Crippen LogP) is 5.25. The second kappa shape index (κ2) is 13.9. The number of rotatable bonds is 11. The van der Waals surface area contributed by atoms with E-state index in [2.05, 4.69) is 26.6 Å². The van der Waals surface area contributed by atoms with Gasteiger partial charge in [0, 0.05) is 11.8 Å². The molecule has 2 N–H and O–H groups in total. The van der Waals surface area contributed by atoms with E-state index in [4.69, 9.17) is 18.9 Å². The number of barbiturate groups is 1. The number of hydrogen-bond donors (Lipinski definition) is 2. The summed E-state index contributed by atoms with van der Waals surface area (Å²) in [5.41, 5.74) is 1.94. The molecule has 3 aromatic carbocycles. The van der Waals surface area contributed by atoms with E-state index in [0.29, 0.717) is 33.8 Å². The van der Waals surface area contributed by atoms with Crippen LogP contribution in [-0.4, -0.2) is 51.2 Å². The molecule has 0 aliphatic carbocycles. The second-order valence-electron chi connectivity index (χ2n) is 9.38. The number of hydrogen-bond acceptors (Lipinski definition) is 8. The summed E-state index contributed by atoms with van der Waals surface area (Å²) in [7, 11) is 2.86. The fraction of sp³-hybridized carbons (Fsp3) is 0.226. The minimum absolute atomic E-state index is 0.188. The molecule has 1 fully saturated rings. The van der Waals surface area contributed by atoms with Crippen LogP contribution < -0.4 is 34.5 Å². The van der Waals surface area contributed by atoms with Crippen LogP contribution in [-0.2, 0) is 14.4 Å². The smallest absolute Gasteiger partial charge is 0.335 e. The molecule has 1 saturated heterocycles. The van der Waals surface area contributed by atoms with Gasteiger partial charge in [0.1, 0.15) is 5.57 Å². The van der Waals surface area contributed by atoms with Gasteiger partial charge in [-0.15, -0.1) is 0 Å². The number of aryl methyl sites for hydroxylation is 1. The molecular formula is C31H30BrN3O8. The molecule has 1 aliphatic heterocycles. The van der Waals surface area contributed by atoms with Gasteiger partial charge in [-0.1, -0.05) is 19.1 Å². The van der Waals surface area contributed by atoms with Crippen molar-refractivity contribution >= 4 is 57.1 Å². The zero-order chi connectivity index (χ0) is 31.1. The minimum atomic E-state index is -0.900. The zero-order valence-electron chi connectivity index (χ0n) is 24.0. The zero-order valence-corrected chi connectivity index (χ0v) is 25.6. The molecule has 43 heavy (non-hydrogen) atoms. The van der Waals surface area contributed by atoms with Crippen LogP contribution in [0.1, 0.15) is 24.5 Å². The van der Waals surface area contributed by atoms with Crippen molar-refractivity contribution in [2.75, 3.05) is 37.7 Å². The van der Waals surface area contributed by atoms with E-state index in [1.54, 1.807) is 18.2 Å². The van der Waals surface area contributed by atoms with Crippen molar-refractivity contribution < 1.29 is 38.1 Å². The van der Waals surface area contributed by atoms with Crippen LogP contribution in [0, 0.1) is 6.92 Å². The van der Waals surface area contributed by atoms with Gasteiger partial charge >= 0.3 is 6.03 Å². The number of halogens is 1. The van der Waals surface area contributed by atoms with Crippen LogP contribution in [0.3, 0.4) is 0 Å². The van der Waals surface area contributed by atoms with Crippen LogP contribution in [0.4, 0.5) is 16.2 Å². The van der Waals surface area contributed by atoms with Gasteiger partial charge in [-0.05, 0) is 82.9 Å². The maximum atomic E-state index is 13.5. The highest BCUT2D eigenvalue weighted by Crippen LogP contribution is 2.38. The monoisotopic (exact) mass is 651 g/mol. The molecule has 12 heteroatoms. The molecule has 1 heterocycles. The van der Waals surface area contributed by atoms with E-state index in [0.717, 1.165) is 16.9 Å². The second-order valence-corrected chi connectivity index (χ2v) is 10.2. The highest BCUT2D eigenvalue weighted by atomic mass is 79.9. The van der Waals surface area contributed by atoms with Crippen LogP contribution in [0.15, 0.2) is 64.6 Å². The Morgan fingerprint density at radius 1 is 0.977 bits per heavy atom. The summed E-state index contributed by atoms with van der Waals surface area (Å²) in [5, 5.41) is 4.97. The number of imide groups is 2. The molecule has 0 radical (unpaired) electrons. The van der Waals surface area contributed by atoms with Crippen molar-refractivity contribution in [3.8, 4) is 23.0 Å². The molecule has 3 aromatic rings. The molecule has 5 amide bonds. The van der Waals surface area contributed by atoms with E-state index < -0.39 is 17.8 Å². The number of benzene rings is 3. The lowest BCUT2D eigenvalue weighted by Gasteiger charge is -2.27. The van der Waals surface area contributed by atoms with Crippen molar-refractivity contribution in [3.05, 3.63) is 75.8 Å². The molecule has 0 aromatic heterocycles. The molecule has 1 aliphatic rings. The number of amides is 5. The Labute approximate surface area is 256 Å². The van der Waals surface area contributed by atoms with Gasteiger partial charge in [0.15, 0.2) is 29.6 Å². The maximum Gasteiger partial charge on any atom is 0.335 e. The van der Waals surface area contributed by atoms with E-state index in [1.165, 1.54) is 38.5 Å². The van der Waals surface area contributed by atoms with E-state index in [1.807, 2.05) is 32.0 Å². The maximum absolute atomic E-state index is 13.5. The third-order valence-electron chi connectivity index (χ3n) is 6.18. The average Bonchev–Trinajstić information content (AvgIpc) is 2.97. The van der Waals surface area contributed by atoms with Crippen LogP contribution in [0.25, 0.3) is 6.08 Å². The quantitative estimate of drug-likeness (QED) is 0.212. The first-order chi connectivity index (χ1) is 20.6. The van der Waals surface area contributed by atoms with Crippen molar-refractivity contribution in [2.24, 2.45) is 0 Å². The molecule has 4 rings (SSSR count). The Hall–Kier alpha value is -4.84. The van der Waals surface area contributed by atoms with Crippen molar-refractivity contribution in [3.63, 3.8) is 0 Å². The van der Waals surface area contributed by atoms with Gasteiger partial charge in [0.05, 0.1) is 31.0 Å². The number of urea groups is 1. The summed E-state index contributed by atoms with van der Waals surface area (Å²) >= 11 is 3.42. The van der Waals surface area contributed by atoms with E-state index in [-0.39, 0.29) is 35.3 Å². The summed E-state index contributed by atoms with van der Waals surface area (Å²) in [6, 6.07) is 14.2. The van der Waals surface area contributed by atoms with Gasteiger partial charge in [0.2, 0.25) is 0 Å². The van der Waals surface area contributed by atoms with Gasteiger partial charge in [-0.3, -0.25) is 19.7 Å². The van der Waals surface area contributed by atoms with Crippen molar-refractivity contribution in [2.45, 2.75) is 20.3 Å². The summed E-state index contributed by atoms with van der Waals surface area (Å²) in [6.07, 6.45) is 2.11. The van der Waals surface area contributed by atoms with Crippen LogP contribution in [0.5, 0.6) is 23.0 Å². The first-order valence-corrected chi connectivity index (χ1v) is 14.0. The van der Waals surface area contributed by atoms with E-state index >= 15 is 0 Å². The molecule has 224 valence electrons. The van der Waals surface area contributed by atoms with E-state index in [9.17, 15) is 19.2 Å². The largest absolute Gasteiger partial charge is 0.493 e. The molecular weight excluding hydrogens is 622 g/mol. The third kappa shape index (κ3) is 7.33. The summed E-state index contributed by atoms with van der Waals surface area (Å²) in [6.45, 7) is 4.04.